The monoisotopic (exact) mass is 321 g/mol. The molecule has 23 heavy (non-hydrogen) atoms. The molecule has 0 radical (unpaired) electrons. The number of rotatable bonds is 11. The van der Waals surface area contributed by atoms with Gasteiger partial charge >= 0.3 is 11.9 Å². The van der Waals surface area contributed by atoms with E-state index in [0.717, 1.165) is 18.4 Å². The molecule has 0 heterocycles. The molecule has 0 atom stereocenters. The summed E-state index contributed by atoms with van der Waals surface area (Å²) in [4.78, 5) is 23.6. The molecule has 1 N–H and O–H groups in total. The summed E-state index contributed by atoms with van der Waals surface area (Å²) in [5.41, 5.74) is 1.10. The Bertz CT molecular complexity index is 439. The van der Waals surface area contributed by atoms with Crippen LogP contribution in [0.1, 0.15) is 45.1 Å². The maximum Gasteiger partial charge on any atom is 0.307 e. The standard InChI is InChI=1S/C18H27NO4/c1-3-10-22-17(20)12-16(13-18(21)23-11-4-2)19-14-15-8-6-5-7-9-15/h5-9,16,19H,3-4,10-14H2,1-2H3. The lowest BCUT2D eigenvalue weighted by Crippen LogP contribution is -2.34. The summed E-state index contributed by atoms with van der Waals surface area (Å²) in [5.74, 6) is -0.582. The highest BCUT2D eigenvalue weighted by atomic mass is 16.5. The zero-order valence-electron chi connectivity index (χ0n) is 14.0. The molecule has 0 aromatic heterocycles. The van der Waals surface area contributed by atoms with E-state index in [1.165, 1.54) is 0 Å². The van der Waals surface area contributed by atoms with Crippen molar-refractivity contribution in [2.24, 2.45) is 0 Å². The summed E-state index contributed by atoms with van der Waals surface area (Å²) in [6, 6.07) is 9.56. The summed E-state index contributed by atoms with van der Waals surface area (Å²) >= 11 is 0. The molecule has 0 amide bonds. The van der Waals surface area contributed by atoms with Crippen LogP contribution in [0.3, 0.4) is 0 Å². The van der Waals surface area contributed by atoms with Gasteiger partial charge in [-0.25, -0.2) is 0 Å². The van der Waals surface area contributed by atoms with Gasteiger partial charge in [0.15, 0.2) is 0 Å². The number of carbonyl (C=O) groups is 2. The van der Waals surface area contributed by atoms with Crippen molar-refractivity contribution < 1.29 is 19.1 Å². The fourth-order valence-electron chi connectivity index (χ4n) is 2.03. The highest BCUT2D eigenvalue weighted by Crippen LogP contribution is 2.06. The van der Waals surface area contributed by atoms with Gasteiger partial charge in [-0.1, -0.05) is 44.2 Å². The Balaban J connectivity index is 2.52. The predicted octanol–water partition coefficient (Wildman–Crippen LogP) is 2.83. The van der Waals surface area contributed by atoms with E-state index in [4.69, 9.17) is 9.47 Å². The van der Waals surface area contributed by atoms with Crippen molar-refractivity contribution in [2.75, 3.05) is 13.2 Å². The second-order valence-corrected chi connectivity index (χ2v) is 5.41. The van der Waals surface area contributed by atoms with Crippen molar-refractivity contribution in [3.8, 4) is 0 Å². The van der Waals surface area contributed by atoms with Crippen molar-refractivity contribution in [1.29, 1.82) is 0 Å². The van der Waals surface area contributed by atoms with E-state index in [0.29, 0.717) is 19.8 Å². The van der Waals surface area contributed by atoms with Crippen LogP contribution in [-0.4, -0.2) is 31.2 Å². The molecule has 128 valence electrons. The Labute approximate surface area is 138 Å². The molecule has 5 heteroatoms. The molecule has 1 aromatic rings. The Morgan fingerprint density at radius 3 is 1.96 bits per heavy atom. The van der Waals surface area contributed by atoms with Gasteiger partial charge in [-0.15, -0.1) is 0 Å². The number of ether oxygens (including phenoxy) is 2. The average Bonchev–Trinajstić information content (AvgIpc) is 2.57. The van der Waals surface area contributed by atoms with Crippen LogP contribution in [0.4, 0.5) is 0 Å². The van der Waals surface area contributed by atoms with Crippen molar-refractivity contribution in [3.05, 3.63) is 35.9 Å². The molecular formula is C18H27NO4. The van der Waals surface area contributed by atoms with Gasteiger partial charge in [0.05, 0.1) is 26.1 Å². The fraction of sp³-hybridized carbons (Fsp3) is 0.556. The Morgan fingerprint density at radius 2 is 1.48 bits per heavy atom. The molecule has 1 rings (SSSR count). The smallest absolute Gasteiger partial charge is 0.307 e. The predicted molar refractivity (Wildman–Crippen MR) is 88.8 cm³/mol. The van der Waals surface area contributed by atoms with Crippen LogP contribution in [0.2, 0.25) is 0 Å². The third-order valence-electron chi connectivity index (χ3n) is 3.20. The molecule has 5 nitrogen and oxygen atoms in total. The summed E-state index contributed by atoms with van der Waals surface area (Å²) < 4.78 is 10.2. The first-order valence-electron chi connectivity index (χ1n) is 8.24. The zero-order valence-corrected chi connectivity index (χ0v) is 14.0. The van der Waals surface area contributed by atoms with Crippen LogP contribution >= 0.6 is 0 Å². The summed E-state index contributed by atoms with van der Waals surface area (Å²) in [5, 5.41) is 3.25. The van der Waals surface area contributed by atoms with Crippen molar-refractivity contribution in [2.45, 2.75) is 52.1 Å². The largest absolute Gasteiger partial charge is 0.466 e. The minimum absolute atomic E-state index is 0.161. The molecule has 0 unspecified atom stereocenters. The summed E-state index contributed by atoms with van der Waals surface area (Å²) in [6.45, 7) is 5.30. The molecule has 0 saturated heterocycles. The van der Waals surface area contributed by atoms with Gasteiger partial charge < -0.3 is 14.8 Å². The van der Waals surface area contributed by atoms with Crippen LogP contribution < -0.4 is 5.32 Å². The Morgan fingerprint density at radius 1 is 0.957 bits per heavy atom. The van der Waals surface area contributed by atoms with E-state index in [-0.39, 0.29) is 30.8 Å². The summed E-state index contributed by atoms with van der Waals surface area (Å²) in [7, 11) is 0. The van der Waals surface area contributed by atoms with E-state index in [1.54, 1.807) is 0 Å². The van der Waals surface area contributed by atoms with Gasteiger partial charge in [0.1, 0.15) is 0 Å². The first kappa shape index (κ1) is 19.2. The number of benzene rings is 1. The second kappa shape index (κ2) is 11.7. The van der Waals surface area contributed by atoms with Gasteiger partial charge in [-0.3, -0.25) is 9.59 Å². The SMILES string of the molecule is CCCOC(=O)CC(CC(=O)OCCC)NCc1ccccc1. The van der Waals surface area contributed by atoms with E-state index in [9.17, 15) is 9.59 Å². The van der Waals surface area contributed by atoms with Crippen LogP contribution in [0.15, 0.2) is 30.3 Å². The Hall–Kier alpha value is -1.88. The molecular weight excluding hydrogens is 294 g/mol. The van der Waals surface area contributed by atoms with E-state index < -0.39 is 0 Å². The maximum atomic E-state index is 11.8. The third-order valence-corrected chi connectivity index (χ3v) is 3.20. The van der Waals surface area contributed by atoms with Gasteiger partial charge in [-0.2, -0.15) is 0 Å². The van der Waals surface area contributed by atoms with Gasteiger partial charge in [0, 0.05) is 12.6 Å². The number of esters is 2. The molecule has 1 aromatic carbocycles. The second-order valence-electron chi connectivity index (χ2n) is 5.41. The van der Waals surface area contributed by atoms with Gasteiger partial charge in [0.25, 0.3) is 0 Å². The molecule has 0 aliphatic heterocycles. The quantitative estimate of drug-likeness (QED) is 0.635. The van der Waals surface area contributed by atoms with E-state index >= 15 is 0 Å². The van der Waals surface area contributed by atoms with Crippen molar-refractivity contribution in [1.82, 2.24) is 5.32 Å². The van der Waals surface area contributed by atoms with Crippen LogP contribution in [0.5, 0.6) is 0 Å². The molecule has 0 bridgehead atoms. The van der Waals surface area contributed by atoms with Crippen molar-refractivity contribution in [3.63, 3.8) is 0 Å². The van der Waals surface area contributed by atoms with Gasteiger partial charge in [-0.05, 0) is 18.4 Å². The first-order valence-corrected chi connectivity index (χ1v) is 8.24. The normalized spacial score (nSPS) is 10.6. The summed E-state index contributed by atoms with van der Waals surface area (Å²) in [6.07, 6.45) is 1.89. The number of nitrogens with one attached hydrogen (secondary N) is 1. The lowest BCUT2D eigenvalue weighted by Gasteiger charge is -2.17. The van der Waals surface area contributed by atoms with Gasteiger partial charge in [0.2, 0.25) is 0 Å². The fourth-order valence-corrected chi connectivity index (χ4v) is 2.03. The first-order chi connectivity index (χ1) is 11.2. The van der Waals surface area contributed by atoms with Crippen LogP contribution in [0, 0.1) is 0 Å². The van der Waals surface area contributed by atoms with E-state index in [1.807, 2.05) is 44.2 Å². The number of carbonyl (C=O) groups excluding carboxylic acids is 2. The molecule has 0 saturated carbocycles. The molecule has 0 aliphatic carbocycles. The Kier molecular flexibility index (Phi) is 9.71. The third kappa shape index (κ3) is 8.98. The van der Waals surface area contributed by atoms with Crippen LogP contribution in [-0.2, 0) is 25.6 Å². The lowest BCUT2D eigenvalue weighted by atomic mass is 10.1. The number of hydrogen-bond donors (Lipinski definition) is 1. The topological polar surface area (TPSA) is 64.6 Å². The highest BCUT2D eigenvalue weighted by molar-refractivity contribution is 5.74. The van der Waals surface area contributed by atoms with Crippen LogP contribution in [0.25, 0.3) is 0 Å². The average molecular weight is 321 g/mol. The zero-order chi connectivity index (χ0) is 16.9. The van der Waals surface area contributed by atoms with E-state index in [2.05, 4.69) is 5.32 Å². The minimum atomic E-state index is -0.291. The number of hydrogen-bond acceptors (Lipinski definition) is 5. The molecule has 0 fully saturated rings. The van der Waals surface area contributed by atoms with Crippen molar-refractivity contribution >= 4 is 11.9 Å². The highest BCUT2D eigenvalue weighted by Gasteiger charge is 2.19. The molecule has 0 aliphatic rings. The maximum absolute atomic E-state index is 11.8. The lowest BCUT2D eigenvalue weighted by molar-refractivity contribution is -0.146. The minimum Gasteiger partial charge on any atom is -0.466 e. The molecule has 0 spiro atoms.